The van der Waals surface area contributed by atoms with Gasteiger partial charge in [0.2, 0.25) is 5.88 Å². The number of nitriles is 1. The van der Waals surface area contributed by atoms with Gasteiger partial charge in [0.1, 0.15) is 6.61 Å². The lowest BCUT2D eigenvalue weighted by Crippen LogP contribution is -2.32. The molecule has 1 fully saturated rings. The predicted octanol–water partition coefficient (Wildman–Crippen LogP) is 4.88. The van der Waals surface area contributed by atoms with Crippen LogP contribution in [-0.2, 0) is 6.61 Å². The van der Waals surface area contributed by atoms with E-state index in [1.54, 1.807) is 0 Å². The topological polar surface area (TPSA) is 49.1 Å². The van der Waals surface area contributed by atoms with Crippen molar-refractivity contribution in [3.8, 4) is 11.9 Å². The summed E-state index contributed by atoms with van der Waals surface area (Å²) in [6, 6.07) is 20.2. The number of aromatic nitrogens is 1. The highest BCUT2D eigenvalue weighted by Crippen LogP contribution is 2.28. The Morgan fingerprint density at radius 3 is 2.57 bits per heavy atom. The first kappa shape index (κ1) is 18.5. The minimum atomic E-state index is 0.441. The van der Waals surface area contributed by atoms with Crippen molar-refractivity contribution in [2.45, 2.75) is 32.3 Å². The lowest BCUT2D eigenvalue weighted by molar-refractivity contribution is 0.219. The van der Waals surface area contributed by atoms with Gasteiger partial charge < -0.3 is 9.64 Å². The molecule has 4 heteroatoms. The monoisotopic (exact) mass is 371 g/mol. The quantitative estimate of drug-likeness (QED) is 0.641. The van der Waals surface area contributed by atoms with Crippen LogP contribution in [0.3, 0.4) is 0 Å². The van der Waals surface area contributed by atoms with E-state index in [-0.39, 0.29) is 0 Å². The highest BCUT2D eigenvalue weighted by molar-refractivity contribution is 5.90. The number of likely N-dealkylation sites (tertiary alicyclic amines) is 1. The van der Waals surface area contributed by atoms with Gasteiger partial charge in [-0.3, -0.25) is 0 Å². The largest absolute Gasteiger partial charge is 0.473 e. The number of ether oxygens (including phenoxy) is 1. The van der Waals surface area contributed by atoms with Crippen molar-refractivity contribution in [3.05, 3.63) is 71.4 Å². The summed E-state index contributed by atoms with van der Waals surface area (Å²) in [7, 11) is 0. The van der Waals surface area contributed by atoms with E-state index in [4.69, 9.17) is 9.72 Å². The van der Waals surface area contributed by atoms with Crippen molar-refractivity contribution in [1.29, 1.82) is 5.26 Å². The van der Waals surface area contributed by atoms with Crippen LogP contribution in [-0.4, -0.2) is 29.5 Å². The Balaban J connectivity index is 1.49. The molecule has 0 atom stereocenters. The number of nitrogens with zero attached hydrogens (tertiary/aromatic N) is 3. The molecule has 3 aromatic rings. The Hall–Kier alpha value is -2.90. The minimum absolute atomic E-state index is 0.441. The maximum Gasteiger partial charge on any atom is 0.213 e. The molecule has 142 valence electrons. The third-order valence-corrected chi connectivity index (χ3v) is 5.71. The maximum absolute atomic E-state index is 9.33. The first-order valence-corrected chi connectivity index (χ1v) is 10.0. The normalized spacial score (nSPS) is 15.4. The van der Waals surface area contributed by atoms with Crippen molar-refractivity contribution in [1.82, 2.24) is 9.88 Å². The second-order valence-electron chi connectivity index (χ2n) is 7.33. The lowest BCUT2D eigenvalue weighted by Gasteiger charge is -2.30. The van der Waals surface area contributed by atoms with E-state index in [9.17, 15) is 5.26 Å². The number of fused-ring (bicyclic) bond motifs is 1. The second-order valence-corrected chi connectivity index (χ2v) is 7.33. The van der Waals surface area contributed by atoms with Crippen molar-refractivity contribution >= 4 is 10.8 Å². The number of hydrogen-bond acceptors (Lipinski definition) is 4. The summed E-state index contributed by atoms with van der Waals surface area (Å²) in [4.78, 5) is 7.28. The first-order valence-electron chi connectivity index (χ1n) is 10.0. The molecule has 1 aliphatic heterocycles. The molecule has 4 rings (SSSR count). The van der Waals surface area contributed by atoms with Gasteiger partial charge in [-0.05, 0) is 60.9 Å². The van der Waals surface area contributed by atoms with Crippen LogP contribution in [0.5, 0.6) is 5.88 Å². The van der Waals surface area contributed by atoms with E-state index in [0.717, 1.165) is 54.5 Å². The van der Waals surface area contributed by atoms with E-state index < -0.39 is 0 Å². The van der Waals surface area contributed by atoms with Gasteiger partial charge in [-0.15, -0.1) is 0 Å². The standard InChI is InChI=1S/C24H25N3O/c1-2-27-14-12-18(13-15-27)23-8-5-9-24(26-23)28-17-20-11-10-19(16-25)21-6-3-4-7-22(20)21/h3-11,18H,2,12-15,17H2,1H3. The van der Waals surface area contributed by atoms with Gasteiger partial charge in [0.05, 0.1) is 11.6 Å². The third kappa shape index (κ3) is 3.85. The zero-order valence-corrected chi connectivity index (χ0v) is 16.3. The smallest absolute Gasteiger partial charge is 0.213 e. The summed E-state index contributed by atoms with van der Waals surface area (Å²) in [6.45, 7) is 6.08. The molecular weight excluding hydrogens is 346 g/mol. The molecule has 2 heterocycles. The number of piperidine rings is 1. The molecular formula is C24H25N3O. The zero-order chi connectivity index (χ0) is 19.3. The fourth-order valence-electron chi connectivity index (χ4n) is 4.02. The number of benzene rings is 2. The number of hydrogen-bond donors (Lipinski definition) is 0. The average molecular weight is 371 g/mol. The van der Waals surface area contributed by atoms with Crippen LogP contribution >= 0.6 is 0 Å². The zero-order valence-electron chi connectivity index (χ0n) is 16.3. The molecule has 1 saturated heterocycles. The van der Waals surface area contributed by atoms with Gasteiger partial charge in [0, 0.05) is 17.7 Å². The van der Waals surface area contributed by atoms with E-state index in [0.29, 0.717) is 24.0 Å². The summed E-state index contributed by atoms with van der Waals surface area (Å²) in [5.41, 5.74) is 2.90. The first-order chi connectivity index (χ1) is 13.8. The summed E-state index contributed by atoms with van der Waals surface area (Å²) in [5.74, 6) is 1.19. The van der Waals surface area contributed by atoms with Crippen LogP contribution < -0.4 is 4.74 Å². The van der Waals surface area contributed by atoms with Crippen molar-refractivity contribution in [3.63, 3.8) is 0 Å². The maximum atomic E-state index is 9.33. The summed E-state index contributed by atoms with van der Waals surface area (Å²) in [5, 5.41) is 11.4. The molecule has 0 spiro atoms. The van der Waals surface area contributed by atoms with Gasteiger partial charge in [-0.25, -0.2) is 4.98 Å². The van der Waals surface area contributed by atoms with Crippen molar-refractivity contribution in [2.75, 3.05) is 19.6 Å². The molecule has 2 aromatic carbocycles. The van der Waals surface area contributed by atoms with E-state index in [1.807, 2.05) is 48.5 Å². The van der Waals surface area contributed by atoms with E-state index in [2.05, 4.69) is 24.0 Å². The molecule has 0 amide bonds. The molecule has 0 unspecified atom stereocenters. The van der Waals surface area contributed by atoms with Gasteiger partial charge in [0.15, 0.2) is 0 Å². The van der Waals surface area contributed by atoms with E-state index >= 15 is 0 Å². The van der Waals surface area contributed by atoms with Crippen LogP contribution in [0, 0.1) is 11.3 Å². The van der Waals surface area contributed by atoms with Gasteiger partial charge >= 0.3 is 0 Å². The molecule has 4 nitrogen and oxygen atoms in total. The molecule has 28 heavy (non-hydrogen) atoms. The second kappa shape index (κ2) is 8.41. The SMILES string of the molecule is CCN1CCC(c2cccc(OCc3ccc(C#N)c4ccccc34)n2)CC1. The summed E-state index contributed by atoms with van der Waals surface area (Å²) >= 11 is 0. The Bertz CT molecular complexity index is 1000. The van der Waals surface area contributed by atoms with Gasteiger partial charge in [0.25, 0.3) is 0 Å². The highest BCUT2D eigenvalue weighted by atomic mass is 16.5. The summed E-state index contributed by atoms with van der Waals surface area (Å²) in [6.07, 6.45) is 2.31. The van der Waals surface area contributed by atoms with Crippen LogP contribution in [0.4, 0.5) is 0 Å². The van der Waals surface area contributed by atoms with Crippen LogP contribution in [0.2, 0.25) is 0 Å². The number of pyridine rings is 1. The number of rotatable bonds is 5. The predicted molar refractivity (Wildman–Crippen MR) is 111 cm³/mol. The van der Waals surface area contributed by atoms with Gasteiger partial charge in [-0.2, -0.15) is 5.26 Å². The molecule has 0 bridgehead atoms. The van der Waals surface area contributed by atoms with Crippen LogP contribution in [0.25, 0.3) is 10.8 Å². The fraction of sp³-hybridized carbons (Fsp3) is 0.333. The van der Waals surface area contributed by atoms with E-state index in [1.165, 1.54) is 0 Å². The Kier molecular flexibility index (Phi) is 5.55. The Morgan fingerprint density at radius 1 is 1.04 bits per heavy atom. The lowest BCUT2D eigenvalue weighted by atomic mass is 9.93. The Morgan fingerprint density at radius 2 is 1.82 bits per heavy atom. The molecule has 0 aliphatic carbocycles. The van der Waals surface area contributed by atoms with Crippen LogP contribution in [0.1, 0.15) is 42.5 Å². The van der Waals surface area contributed by atoms with Crippen molar-refractivity contribution < 1.29 is 4.74 Å². The molecule has 1 aliphatic rings. The third-order valence-electron chi connectivity index (χ3n) is 5.71. The Labute approximate surface area is 166 Å². The summed E-state index contributed by atoms with van der Waals surface area (Å²) < 4.78 is 6.04. The minimum Gasteiger partial charge on any atom is -0.473 e. The average Bonchev–Trinajstić information content (AvgIpc) is 2.77. The molecule has 0 saturated carbocycles. The van der Waals surface area contributed by atoms with Gasteiger partial charge in [-0.1, -0.05) is 43.3 Å². The molecule has 1 aromatic heterocycles. The van der Waals surface area contributed by atoms with Crippen LogP contribution in [0.15, 0.2) is 54.6 Å². The highest BCUT2D eigenvalue weighted by Gasteiger charge is 2.21. The van der Waals surface area contributed by atoms with Crippen molar-refractivity contribution in [2.24, 2.45) is 0 Å². The molecule has 0 N–H and O–H groups in total. The fourth-order valence-corrected chi connectivity index (χ4v) is 4.02. The molecule has 0 radical (unpaired) electrons.